The minimum atomic E-state index is -0.416. The predicted molar refractivity (Wildman–Crippen MR) is 93.1 cm³/mol. The summed E-state index contributed by atoms with van der Waals surface area (Å²) in [7, 11) is 0. The molecule has 2 amide bonds. The first-order valence-corrected chi connectivity index (χ1v) is 8.49. The molecule has 2 aromatic carbocycles. The van der Waals surface area contributed by atoms with Crippen molar-refractivity contribution in [3.05, 3.63) is 71.5 Å². The number of likely N-dealkylation sites (tertiary alicyclic amines) is 1. The molecule has 0 saturated carbocycles. The number of hydrogen-bond acceptors (Lipinski definition) is 2. The fourth-order valence-electron chi connectivity index (χ4n) is 3.08. The second-order valence-corrected chi connectivity index (χ2v) is 6.23. The van der Waals surface area contributed by atoms with Crippen molar-refractivity contribution in [2.45, 2.75) is 31.8 Å². The van der Waals surface area contributed by atoms with Gasteiger partial charge in [-0.25, -0.2) is 4.39 Å². The largest absolute Gasteiger partial charge is 0.354 e. The van der Waals surface area contributed by atoms with Gasteiger partial charge in [0.2, 0.25) is 11.8 Å². The van der Waals surface area contributed by atoms with Gasteiger partial charge in [0.1, 0.15) is 11.9 Å². The van der Waals surface area contributed by atoms with Gasteiger partial charge in [0.05, 0.1) is 0 Å². The van der Waals surface area contributed by atoms with Gasteiger partial charge in [-0.1, -0.05) is 42.5 Å². The van der Waals surface area contributed by atoms with Crippen LogP contribution in [0.15, 0.2) is 54.6 Å². The van der Waals surface area contributed by atoms with Crippen LogP contribution in [-0.2, 0) is 22.6 Å². The van der Waals surface area contributed by atoms with Crippen LogP contribution >= 0.6 is 0 Å². The monoisotopic (exact) mass is 340 g/mol. The quantitative estimate of drug-likeness (QED) is 0.879. The topological polar surface area (TPSA) is 49.4 Å². The molecule has 0 bridgehead atoms. The van der Waals surface area contributed by atoms with E-state index in [0.717, 1.165) is 11.1 Å². The van der Waals surface area contributed by atoms with E-state index in [4.69, 9.17) is 0 Å². The van der Waals surface area contributed by atoms with Crippen molar-refractivity contribution in [2.24, 2.45) is 0 Å². The Labute approximate surface area is 146 Å². The first kappa shape index (κ1) is 17.1. The minimum Gasteiger partial charge on any atom is -0.354 e. The first-order valence-electron chi connectivity index (χ1n) is 8.49. The molecule has 0 radical (unpaired) electrons. The molecule has 1 aliphatic heterocycles. The van der Waals surface area contributed by atoms with Crippen molar-refractivity contribution in [3.63, 3.8) is 0 Å². The van der Waals surface area contributed by atoms with E-state index in [1.54, 1.807) is 17.0 Å². The van der Waals surface area contributed by atoms with E-state index in [1.807, 2.05) is 30.3 Å². The second-order valence-electron chi connectivity index (χ2n) is 6.23. The summed E-state index contributed by atoms with van der Waals surface area (Å²) in [6, 6.07) is 15.5. The lowest BCUT2D eigenvalue weighted by Gasteiger charge is -2.24. The average Bonchev–Trinajstić information content (AvgIpc) is 2.98. The van der Waals surface area contributed by atoms with E-state index in [2.05, 4.69) is 5.32 Å². The Morgan fingerprint density at radius 1 is 1.08 bits per heavy atom. The molecule has 0 spiro atoms. The third-order valence-corrected chi connectivity index (χ3v) is 4.45. The van der Waals surface area contributed by atoms with Crippen molar-refractivity contribution < 1.29 is 14.0 Å². The number of hydrogen-bond donors (Lipinski definition) is 1. The molecule has 1 N–H and O–H groups in total. The van der Waals surface area contributed by atoms with E-state index in [-0.39, 0.29) is 17.6 Å². The Hall–Kier alpha value is -2.69. The molecule has 1 saturated heterocycles. The summed E-state index contributed by atoms with van der Waals surface area (Å²) in [4.78, 5) is 26.3. The maximum Gasteiger partial charge on any atom is 0.242 e. The lowest BCUT2D eigenvalue weighted by Crippen LogP contribution is -2.44. The van der Waals surface area contributed by atoms with E-state index in [0.29, 0.717) is 32.4 Å². The summed E-state index contributed by atoms with van der Waals surface area (Å²) >= 11 is 0. The summed E-state index contributed by atoms with van der Waals surface area (Å²) < 4.78 is 12.9. The van der Waals surface area contributed by atoms with Crippen molar-refractivity contribution in [1.29, 1.82) is 0 Å². The number of nitrogens with one attached hydrogen (secondary N) is 1. The molecule has 1 unspecified atom stereocenters. The minimum absolute atomic E-state index is 0.0162. The highest BCUT2D eigenvalue weighted by Gasteiger charge is 2.35. The van der Waals surface area contributed by atoms with Crippen LogP contribution in [0.4, 0.5) is 4.39 Å². The van der Waals surface area contributed by atoms with Crippen molar-refractivity contribution in [2.75, 3.05) is 6.54 Å². The van der Waals surface area contributed by atoms with Crippen LogP contribution in [-0.4, -0.2) is 29.3 Å². The lowest BCUT2D eigenvalue weighted by molar-refractivity contribution is -0.135. The molecule has 130 valence electrons. The first-order chi connectivity index (χ1) is 12.1. The second kappa shape index (κ2) is 7.92. The maximum atomic E-state index is 12.9. The normalized spacial score (nSPS) is 16.9. The van der Waals surface area contributed by atoms with Crippen LogP contribution < -0.4 is 5.32 Å². The molecule has 1 aliphatic rings. The van der Waals surface area contributed by atoms with Gasteiger partial charge in [-0.05, 0) is 36.1 Å². The summed E-state index contributed by atoms with van der Waals surface area (Å²) in [5, 5.41) is 2.90. The number of halogens is 1. The van der Waals surface area contributed by atoms with Crippen LogP contribution in [0.3, 0.4) is 0 Å². The van der Waals surface area contributed by atoms with E-state index in [9.17, 15) is 14.0 Å². The molecular weight excluding hydrogens is 319 g/mol. The molecule has 0 aromatic heterocycles. The third kappa shape index (κ3) is 4.44. The molecule has 1 fully saturated rings. The summed E-state index contributed by atoms with van der Waals surface area (Å²) in [6.45, 7) is 0.921. The number of carbonyl (C=O) groups excluding carboxylic acids is 2. The smallest absolute Gasteiger partial charge is 0.242 e. The Morgan fingerprint density at radius 3 is 2.52 bits per heavy atom. The lowest BCUT2D eigenvalue weighted by atomic mass is 10.1. The summed E-state index contributed by atoms with van der Waals surface area (Å²) in [5.41, 5.74) is 1.98. The molecule has 1 heterocycles. The molecular formula is C20H21FN2O2. The standard InChI is InChI=1S/C20H21FN2O2/c21-17-8-6-15(7-9-17)12-13-22-20(25)18-10-11-19(24)23(18)14-16-4-2-1-3-5-16/h1-9,18H,10-14H2,(H,22,25). The van der Waals surface area contributed by atoms with E-state index in [1.165, 1.54) is 12.1 Å². The third-order valence-electron chi connectivity index (χ3n) is 4.45. The van der Waals surface area contributed by atoms with Gasteiger partial charge < -0.3 is 10.2 Å². The Balaban J connectivity index is 1.54. The van der Waals surface area contributed by atoms with Crippen LogP contribution in [0.2, 0.25) is 0 Å². The van der Waals surface area contributed by atoms with Crippen LogP contribution in [0.1, 0.15) is 24.0 Å². The fourth-order valence-corrected chi connectivity index (χ4v) is 3.08. The predicted octanol–water partition coefficient (Wildman–Crippen LogP) is 2.68. The average molecular weight is 340 g/mol. The van der Waals surface area contributed by atoms with Gasteiger partial charge in [0, 0.05) is 19.5 Å². The Morgan fingerprint density at radius 2 is 1.80 bits per heavy atom. The zero-order valence-corrected chi connectivity index (χ0v) is 14.0. The Kier molecular flexibility index (Phi) is 5.43. The molecule has 2 aromatic rings. The number of amides is 2. The van der Waals surface area contributed by atoms with Crippen LogP contribution in [0.5, 0.6) is 0 Å². The van der Waals surface area contributed by atoms with Crippen molar-refractivity contribution >= 4 is 11.8 Å². The van der Waals surface area contributed by atoms with Gasteiger partial charge in [-0.3, -0.25) is 9.59 Å². The number of nitrogens with zero attached hydrogens (tertiary/aromatic N) is 1. The zero-order valence-electron chi connectivity index (χ0n) is 14.0. The van der Waals surface area contributed by atoms with Crippen LogP contribution in [0.25, 0.3) is 0 Å². The van der Waals surface area contributed by atoms with E-state index >= 15 is 0 Å². The Bertz CT molecular complexity index is 731. The number of carbonyl (C=O) groups is 2. The van der Waals surface area contributed by atoms with Crippen LogP contribution in [0, 0.1) is 5.82 Å². The van der Waals surface area contributed by atoms with Gasteiger partial charge in [-0.15, -0.1) is 0 Å². The molecule has 5 heteroatoms. The maximum absolute atomic E-state index is 12.9. The SMILES string of the molecule is O=C(NCCc1ccc(F)cc1)C1CCC(=O)N1Cc1ccccc1. The van der Waals surface area contributed by atoms with Gasteiger partial charge >= 0.3 is 0 Å². The van der Waals surface area contributed by atoms with Crippen molar-refractivity contribution in [3.8, 4) is 0 Å². The molecule has 4 nitrogen and oxygen atoms in total. The number of rotatable bonds is 6. The summed E-state index contributed by atoms with van der Waals surface area (Å²) in [6.07, 6.45) is 1.59. The van der Waals surface area contributed by atoms with Gasteiger partial charge in [0.15, 0.2) is 0 Å². The van der Waals surface area contributed by atoms with Gasteiger partial charge in [-0.2, -0.15) is 0 Å². The van der Waals surface area contributed by atoms with Crippen molar-refractivity contribution in [1.82, 2.24) is 10.2 Å². The summed E-state index contributed by atoms with van der Waals surface area (Å²) in [5.74, 6) is -0.375. The van der Waals surface area contributed by atoms with E-state index < -0.39 is 6.04 Å². The zero-order chi connectivity index (χ0) is 17.6. The molecule has 0 aliphatic carbocycles. The number of benzene rings is 2. The molecule has 25 heavy (non-hydrogen) atoms. The highest BCUT2D eigenvalue weighted by atomic mass is 19.1. The van der Waals surface area contributed by atoms with Gasteiger partial charge in [0.25, 0.3) is 0 Å². The highest BCUT2D eigenvalue weighted by Crippen LogP contribution is 2.21. The molecule has 1 atom stereocenters. The fraction of sp³-hybridized carbons (Fsp3) is 0.300. The molecule has 3 rings (SSSR count). The highest BCUT2D eigenvalue weighted by molar-refractivity contribution is 5.90.